The number of nitrogens with one attached hydrogen (secondary N) is 1. The first-order valence-electron chi connectivity index (χ1n) is 5.44. The largest absolute Gasteiger partial charge is 0.491 e. The number of ether oxygens (including phenoxy) is 1. The van der Waals surface area contributed by atoms with Gasteiger partial charge in [-0.15, -0.1) is 0 Å². The third-order valence-electron chi connectivity index (χ3n) is 2.75. The minimum atomic E-state index is 0.0647. The van der Waals surface area contributed by atoms with Crippen LogP contribution in [0.25, 0.3) is 0 Å². The molecular formula is C12H17NO2. The van der Waals surface area contributed by atoms with Crippen LogP contribution in [0.1, 0.15) is 17.9 Å². The van der Waals surface area contributed by atoms with E-state index in [1.807, 2.05) is 12.1 Å². The predicted molar refractivity (Wildman–Crippen MR) is 59.3 cm³/mol. The van der Waals surface area contributed by atoms with Gasteiger partial charge in [0.15, 0.2) is 0 Å². The Bertz CT molecular complexity index is 308. The van der Waals surface area contributed by atoms with E-state index in [9.17, 15) is 0 Å². The van der Waals surface area contributed by atoms with Gasteiger partial charge in [0.05, 0.1) is 6.61 Å². The van der Waals surface area contributed by atoms with Crippen molar-refractivity contribution in [3.05, 3.63) is 29.8 Å². The summed E-state index contributed by atoms with van der Waals surface area (Å²) in [6.45, 7) is 2.59. The average Bonchev–Trinajstić information content (AvgIpc) is 2.80. The van der Waals surface area contributed by atoms with Crippen LogP contribution in [-0.2, 0) is 0 Å². The molecule has 1 aromatic carbocycles. The van der Waals surface area contributed by atoms with Gasteiger partial charge in [0.1, 0.15) is 12.4 Å². The highest BCUT2D eigenvalue weighted by Gasteiger charge is 2.16. The SMILES string of the molecule is OCCOc1cccc(C2CCNC2)c1. The first-order chi connectivity index (χ1) is 7.40. The standard InChI is InChI=1S/C12H17NO2/c14-6-7-15-12-3-1-2-10(8-12)11-4-5-13-9-11/h1-3,8,11,13-14H,4-7,9H2. The molecule has 1 aliphatic rings. The Morgan fingerprint density at radius 2 is 2.40 bits per heavy atom. The maximum atomic E-state index is 8.67. The van der Waals surface area contributed by atoms with Gasteiger partial charge in [-0.2, -0.15) is 0 Å². The molecule has 82 valence electrons. The molecule has 1 saturated heterocycles. The first kappa shape index (κ1) is 10.5. The zero-order valence-corrected chi connectivity index (χ0v) is 8.78. The molecule has 1 aliphatic heterocycles. The molecule has 0 radical (unpaired) electrons. The summed E-state index contributed by atoms with van der Waals surface area (Å²) in [6, 6.07) is 8.17. The second-order valence-corrected chi connectivity index (χ2v) is 3.83. The van der Waals surface area contributed by atoms with Crippen molar-refractivity contribution in [2.24, 2.45) is 0 Å². The van der Waals surface area contributed by atoms with Gasteiger partial charge >= 0.3 is 0 Å². The van der Waals surface area contributed by atoms with Crippen LogP contribution < -0.4 is 10.1 Å². The van der Waals surface area contributed by atoms with E-state index in [0.717, 1.165) is 18.8 Å². The molecule has 0 aromatic heterocycles. The van der Waals surface area contributed by atoms with Gasteiger partial charge in [-0.25, -0.2) is 0 Å². The van der Waals surface area contributed by atoms with Crippen LogP contribution in [0, 0.1) is 0 Å². The van der Waals surface area contributed by atoms with Crippen molar-refractivity contribution in [2.75, 3.05) is 26.3 Å². The number of benzene rings is 1. The van der Waals surface area contributed by atoms with Gasteiger partial charge in [-0.1, -0.05) is 12.1 Å². The highest BCUT2D eigenvalue weighted by Crippen LogP contribution is 2.25. The number of hydrogen-bond acceptors (Lipinski definition) is 3. The third kappa shape index (κ3) is 2.70. The number of aliphatic hydroxyl groups is 1. The second kappa shape index (κ2) is 5.14. The van der Waals surface area contributed by atoms with Gasteiger partial charge in [0, 0.05) is 6.54 Å². The fourth-order valence-corrected chi connectivity index (χ4v) is 1.96. The Kier molecular flexibility index (Phi) is 3.59. The molecule has 1 aromatic rings. The van der Waals surface area contributed by atoms with Gasteiger partial charge in [0.2, 0.25) is 0 Å². The van der Waals surface area contributed by atoms with Crippen molar-refractivity contribution in [1.29, 1.82) is 0 Å². The maximum absolute atomic E-state index is 8.67. The Labute approximate surface area is 90.1 Å². The Hall–Kier alpha value is -1.06. The van der Waals surface area contributed by atoms with E-state index in [1.165, 1.54) is 12.0 Å². The fourth-order valence-electron chi connectivity index (χ4n) is 1.96. The van der Waals surface area contributed by atoms with Crippen LogP contribution in [-0.4, -0.2) is 31.4 Å². The molecule has 1 atom stereocenters. The van der Waals surface area contributed by atoms with Crippen molar-refractivity contribution < 1.29 is 9.84 Å². The minimum absolute atomic E-state index is 0.0647. The molecule has 0 aliphatic carbocycles. The lowest BCUT2D eigenvalue weighted by molar-refractivity contribution is 0.201. The van der Waals surface area contributed by atoms with Crippen LogP contribution in [0.3, 0.4) is 0 Å². The molecule has 2 rings (SSSR count). The van der Waals surface area contributed by atoms with E-state index >= 15 is 0 Å². The van der Waals surface area contributed by atoms with Crippen LogP contribution in [0.4, 0.5) is 0 Å². The molecule has 0 saturated carbocycles. The van der Waals surface area contributed by atoms with E-state index in [2.05, 4.69) is 17.4 Å². The van der Waals surface area contributed by atoms with E-state index in [1.54, 1.807) is 0 Å². The van der Waals surface area contributed by atoms with Gasteiger partial charge in [0.25, 0.3) is 0 Å². The number of aliphatic hydroxyl groups excluding tert-OH is 1. The van der Waals surface area contributed by atoms with Crippen LogP contribution in [0.15, 0.2) is 24.3 Å². The highest BCUT2D eigenvalue weighted by atomic mass is 16.5. The van der Waals surface area contributed by atoms with E-state index in [-0.39, 0.29) is 6.61 Å². The molecule has 15 heavy (non-hydrogen) atoms. The van der Waals surface area contributed by atoms with Crippen LogP contribution in [0.2, 0.25) is 0 Å². The van der Waals surface area contributed by atoms with Gasteiger partial charge in [-0.3, -0.25) is 0 Å². The molecule has 3 nitrogen and oxygen atoms in total. The molecule has 1 unspecified atom stereocenters. The molecule has 0 amide bonds. The summed E-state index contributed by atoms with van der Waals surface area (Å²) < 4.78 is 5.38. The number of rotatable bonds is 4. The molecule has 0 bridgehead atoms. The summed E-state index contributed by atoms with van der Waals surface area (Å²) in [4.78, 5) is 0. The van der Waals surface area contributed by atoms with Gasteiger partial charge < -0.3 is 15.2 Å². The maximum Gasteiger partial charge on any atom is 0.119 e. The Morgan fingerprint density at radius 1 is 1.47 bits per heavy atom. The van der Waals surface area contributed by atoms with E-state index in [4.69, 9.17) is 9.84 Å². The molecule has 1 heterocycles. The highest BCUT2D eigenvalue weighted by molar-refractivity contribution is 5.31. The molecule has 1 fully saturated rings. The monoisotopic (exact) mass is 207 g/mol. The summed E-state index contributed by atoms with van der Waals surface area (Å²) in [5.74, 6) is 1.47. The summed E-state index contributed by atoms with van der Waals surface area (Å²) in [5, 5.41) is 12.0. The predicted octanol–water partition coefficient (Wildman–Crippen LogP) is 1.13. The lowest BCUT2D eigenvalue weighted by Gasteiger charge is -2.11. The Balaban J connectivity index is 2.04. The lowest BCUT2D eigenvalue weighted by Crippen LogP contribution is -2.08. The van der Waals surface area contributed by atoms with E-state index in [0.29, 0.717) is 12.5 Å². The van der Waals surface area contributed by atoms with Gasteiger partial charge in [-0.05, 0) is 36.6 Å². The molecular weight excluding hydrogens is 190 g/mol. The van der Waals surface area contributed by atoms with Crippen LogP contribution >= 0.6 is 0 Å². The normalized spacial score (nSPS) is 20.5. The van der Waals surface area contributed by atoms with Crippen molar-refractivity contribution in [3.63, 3.8) is 0 Å². The lowest BCUT2D eigenvalue weighted by atomic mass is 9.98. The smallest absolute Gasteiger partial charge is 0.119 e. The Morgan fingerprint density at radius 3 is 3.13 bits per heavy atom. The average molecular weight is 207 g/mol. The van der Waals surface area contributed by atoms with Crippen molar-refractivity contribution in [1.82, 2.24) is 5.32 Å². The van der Waals surface area contributed by atoms with E-state index < -0.39 is 0 Å². The summed E-state index contributed by atoms with van der Waals surface area (Å²) in [7, 11) is 0. The van der Waals surface area contributed by atoms with Crippen molar-refractivity contribution >= 4 is 0 Å². The van der Waals surface area contributed by atoms with Crippen molar-refractivity contribution in [2.45, 2.75) is 12.3 Å². The topological polar surface area (TPSA) is 41.5 Å². The summed E-state index contributed by atoms with van der Waals surface area (Å²) in [6.07, 6.45) is 1.20. The minimum Gasteiger partial charge on any atom is -0.491 e. The first-order valence-corrected chi connectivity index (χ1v) is 5.44. The fraction of sp³-hybridized carbons (Fsp3) is 0.500. The molecule has 0 spiro atoms. The van der Waals surface area contributed by atoms with Crippen LogP contribution in [0.5, 0.6) is 5.75 Å². The van der Waals surface area contributed by atoms with Crippen molar-refractivity contribution in [3.8, 4) is 5.75 Å². The molecule has 3 heteroatoms. The zero-order valence-electron chi connectivity index (χ0n) is 8.78. The summed E-state index contributed by atoms with van der Waals surface area (Å²) in [5.41, 5.74) is 1.33. The molecule has 2 N–H and O–H groups in total. The second-order valence-electron chi connectivity index (χ2n) is 3.83. The zero-order chi connectivity index (χ0) is 10.5. The quantitative estimate of drug-likeness (QED) is 0.777. The third-order valence-corrected chi connectivity index (χ3v) is 2.75. The number of hydrogen-bond donors (Lipinski definition) is 2. The summed E-state index contributed by atoms with van der Waals surface area (Å²) >= 11 is 0.